The second-order valence-electron chi connectivity index (χ2n) is 5.55. The molecular formula is C16H20N4O4. The Kier molecular flexibility index (Phi) is 5.51. The summed E-state index contributed by atoms with van der Waals surface area (Å²) in [5, 5.41) is 19.5. The number of benzene rings is 1. The molecule has 0 radical (unpaired) electrons. The lowest BCUT2D eigenvalue weighted by Gasteiger charge is -2.26. The summed E-state index contributed by atoms with van der Waals surface area (Å²) in [6.07, 6.45) is 1.76. The Bertz CT molecular complexity index is 755. The van der Waals surface area contributed by atoms with E-state index in [9.17, 15) is 19.5 Å². The molecule has 2 aromatic rings. The lowest BCUT2D eigenvalue weighted by Crippen LogP contribution is -2.47. The van der Waals surface area contributed by atoms with Gasteiger partial charge >= 0.3 is 5.97 Å². The van der Waals surface area contributed by atoms with Crippen LogP contribution in [0.4, 0.5) is 0 Å². The van der Waals surface area contributed by atoms with E-state index in [1.54, 1.807) is 6.20 Å². The van der Waals surface area contributed by atoms with Crippen molar-refractivity contribution in [2.45, 2.75) is 26.3 Å². The Morgan fingerprint density at radius 2 is 2.12 bits per heavy atom. The fourth-order valence-corrected chi connectivity index (χ4v) is 2.39. The van der Waals surface area contributed by atoms with Crippen molar-refractivity contribution in [1.82, 2.24) is 20.4 Å². The summed E-state index contributed by atoms with van der Waals surface area (Å²) < 4.78 is 0. The summed E-state index contributed by atoms with van der Waals surface area (Å²) in [4.78, 5) is 36.0. The second kappa shape index (κ2) is 7.58. The van der Waals surface area contributed by atoms with Crippen LogP contribution in [0, 0.1) is 0 Å². The SMILES string of the molecule is CC(=O)NCCN(C(=O)Cc1ccc2cn[nH]c2c1)C(C)C(=O)O. The van der Waals surface area contributed by atoms with Gasteiger partial charge in [-0.2, -0.15) is 5.10 Å². The van der Waals surface area contributed by atoms with Gasteiger partial charge in [-0.05, 0) is 18.6 Å². The molecule has 2 amide bonds. The number of fused-ring (bicyclic) bond motifs is 1. The van der Waals surface area contributed by atoms with E-state index >= 15 is 0 Å². The third kappa shape index (κ3) is 4.31. The molecule has 1 atom stereocenters. The van der Waals surface area contributed by atoms with Crippen LogP contribution in [0.15, 0.2) is 24.4 Å². The molecular weight excluding hydrogens is 312 g/mol. The lowest BCUT2D eigenvalue weighted by molar-refractivity contribution is -0.149. The average Bonchev–Trinajstić information content (AvgIpc) is 2.98. The molecule has 0 aliphatic carbocycles. The fourth-order valence-electron chi connectivity index (χ4n) is 2.39. The molecule has 0 aliphatic rings. The Morgan fingerprint density at radius 3 is 2.79 bits per heavy atom. The lowest BCUT2D eigenvalue weighted by atomic mass is 10.1. The fraction of sp³-hybridized carbons (Fsp3) is 0.375. The predicted molar refractivity (Wildman–Crippen MR) is 87.3 cm³/mol. The van der Waals surface area contributed by atoms with Crippen LogP contribution in [0.3, 0.4) is 0 Å². The maximum absolute atomic E-state index is 12.5. The summed E-state index contributed by atoms with van der Waals surface area (Å²) in [5.41, 5.74) is 1.58. The van der Waals surface area contributed by atoms with Crippen molar-refractivity contribution in [3.05, 3.63) is 30.0 Å². The summed E-state index contributed by atoms with van der Waals surface area (Å²) in [7, 11) is 0. The van der Waals surface area contributed by atoms with Crippen LogP contribution >= 0.6 is 0 Å². The van der Waals surface area contributed by atoms with Crippen LogP contribution < -0.4 is 5.32 Å². The zero-order valence-electron chi connectivity index (χ0n) is 13.6. The number of aromatic amines is 1. The second-order valence-corrected chi connectivity index (χ2v) is 5.55. The Hall–Kier alpha value is -2.90. The number of carbonyl (C=O) groups excluding carboxylic acids is 2. The zero-order chi connectivity index (χ0) is 17.7. The molecule has 0 spiro atoms. The number of H-pyrrole nitrogens is 1. The van der Waals surface area contributed by atoms with Crippen molar-refractivity contribution >= 4 is 28.7 Å². The summed E-state index contributed by atoms with van der Waals surface area (Å²) in [5.74, 6) is -1.63. The molecule has 0 bridgehead atoms. The van der Waals surface area contributed by atoms with Crippen molar-refractivity contribution in [1.29, 1.82) is 0 Å². The average molecular weight is 332 g/mol. The number of carboxylic acids is 1. The molecule has 24 heavy (non-hydrogen) atoms. The molecule has 1 unspecified atom stereocenters. The number of hydrogen-bond acceptors (Lipinski definition) is 4. The number of rotatable bonds is 7. The number of amides is 2. The van der Waals surface area contributed by atoms with Gasteiger partial charge in [0.05, 0.1) is 18.1 Å². The normalized spacial score (nSPS) is 11.9. The van der Waals surface area contributed by atoms with E-state index in [2.05, 4.69) is 15.5 Å². The summed E-state index contributed by atoms with van der Waals surface area (Å²) in [6.45, 7) is 3.16. The summed E-state index contributed by atoms with van der Waals surface area (Å²) in [6, 6.07) is 4.51. The molecule has 1 aromatic carbocycles. The number of carboxylic acid groups (broad SMARTS) is 1. The van der Waals surface area contributed by atoms with E-state index in [4.69, 9.17) is 0 Å². The largest absolute Gasteiger partial charge is 0.480 e. The van der Waals surface area contributed by atoms with Crippen LogP contribution in [0.25, 0.3) is 10.9 Å². The first-order chi connectivity index (χ1) is 11.4. The Balaban J connectivity index is 2.10. The van der Waals surface area contributed by atoms with Crippen LogP contribution in [0.2, 0.25) is 0 Å². The number of aromatic nitrogens is 2. The molecule has 2 rings (SSSR count). The van der Waals surface area contributed by atoms with Crippen molar-refractivity contribution in [2.24, 2.45) is 0 Å². The molecule has 0 fully saturated rings. The summed E-state index contributed by atoms with van der Waals surface area (Å²) >= 11 is 0. The van der Waals surface area contributed by atoms with E-state index in [-0.39, 0.29) is 31.3 Å². The third-order valence-electron chi connectivity index (χ3n) is 3.73. The van der Waals surface area contributed by atoms with E-state index in [1.165, 1.54) is 18.7 Å². The topological polar surface area (TPSA) is 115 Å². The third-order valence-corrected chi connectivity index (χ3v) is 3.73. The van der Waals surface area contributed by atoms with Gasteiger partial charge in [-0.15, -0.1) is 0 Å². The predicted octanol–water partition coefficient (Wildman–Crippen LogP) is 0.543. The minimum Gasteiger partial charge on any atom is -0.480 e. The molecule has 0 saturated heterocycles. The molecule has 128 valence electrons. The standard InChI is InChI=1S/C16H20N4O4/c1-10(16(23)24)20(6-5-17-11(2)21)15(22)8-12-3-4-13-9-18-19-14(13)7-12/h3-4,7,9-10H,5-6,8H2,1-2H3,(H,17,21)(H,18,19)(H,23,24). The molecule has 3 N–H and O–H groups in total. The van der Waals surface area contributed by atoms with Gasteiger partial charge in [0.15, 0.2) is 0 Å². The molecule has 8 heteroatoms. The van der Waals surface area contributed by atoms with Crippen molar-refractivity contribution in [3.63, 3.8) is 0 Å². The van der Waals surface area contributed by atoms with E-state index in [1.807, 2.05) is 18.2 Å². The molecule has 8 nitrogen and oxygen atoms in total. The Morgan fingerprint density at radius 1 is 1.38 bits per heavy atom. The van der Waals surface area contributed by atoms with Gasteiger partial charge in [0.2, 0.25) is 11.8 Å². The van der Waals surface area contributed by atoms with Gasteiger partial charge in [-0.1, -0.05) is 12.1 Å². The first-order valence-corrected chi connectivity index (χ1v) is 7.57. The van der Waals surface area contributed by atoms with Crippen molar-refractivity contribution in [3.8, 4) is 0 Å². The zero-order valence-corrected chi connectivity index (χ0v) is 13.6. The number of carbonyl (C=O) groups is 3. The first-order valence-electron chi connectivity index (χ1n) is 7.57. The van der Waals surface area contributed by atoms with Crippen LogP contribution in [-0.2, 0) is 20.8 Å². The number of aliphatic carboxylic acids is 1. The number of nitrogens with zero attached hydrogens (tertiary/aromatic N) is 2. The quantitative estimate of drug-likeness (QED) is 0.684. The maximum atomic E-state index is 12.5. The highest BCUT2D eigenvalue weighted by Gasteiger charge is 2.25. The number of nitrogens with one attached hydrogen (secondary N) is 2. The molecule has 0 saturated carbocycles. The highest BCUT2D eigenvalue weighted by atomic mass is 16.4. The van der Waals surface area contributed by atoms with Gasteiger partial charge in [-0.3, -0.25) is 14.7 Å². The van der Waals surface area contributed by atoms with Gasteiger partial charge in [0.1, 0.15) is 6.04 Å². The first kappa shape index (κ1) is 17.5. The van der Waals surface area contributed by atoms with Crippen molar-refractivity contribution < 1.29 is 19.5 Å². The van der Waals surface area contributed by atoms with Crippen LogP contribution in [-0.4, -0.2) is 57.1 Å². The van der Waals surface area contributed by atoms with E-state index < -0.39 is 12.0 Å². The molecule has 0 aliphatic heterocycles. The van der Waals surface area contributed by atoms with Gasteiger partial charge in [0, 0.05) is 25.4 Å². The van der Waals surface area contributed by atoms with Crippen molar-refractivity contribution in [2.75, 3.05) is 13.1 Å². The smallest absolute Gasteiger partial charge is 0.326 e. The minimum atomic E-state index is -1.09. The highest BCUT2D eigenvalue weighted by molar-refractivity contribution is 5.86. The van der Waals surface area contributed by atoms with Crippen LogP contribution in [0.5, 0.6) is 0 Å². The van der Waals surface area contributed by atoms with E-state index in [0.29, 0.717) is 0 Å². The highest BCUT2D eigenvalue weighted by Crippen LogP contribution is 2.14. The minimum absolute atomic E-state index is 0.0760. The monoisotopic (exact) mass is 332 g/mol. The van der Waals surface area contributed by atoms with E-state index in [0.717, 1.165) is 16.5 Å². The Labute approximate surface area is 138 Å². The maximum Gasteiger partial charge on any atom is 0.326 e. The molecule has 1 heterocycles. The molecule has 1 aromatic heterocycles. The van der Waals surface area contributed by atoms with Gasteiger partial charge in [-0.25, -0.2) is 4.79 Å². The van der Waals surface area contributed by atoms with Crippen LogP contribution in [0.1, 0.15) is 19.4 Å². The number of hydrogen-bond donors (Lipinski definition) is 3. The van der Waals surface area contributed by atoms with Gasteiger partial charge < -0.3 is 15.3 Å². The van der Waals surface area contributed by atoms with Gasteiger partial charge in [0.25, 0.3) is 0 Å².